The van der Waals surface area contributed by atoms with Gasteiger partial charge in [-0.15, -0.1) is 23.4 Å². The lowest BCUT2D eigenvalue weighted by atomic mass is 10.1. The number of thioether (sulfide) groups is 1. The highest BCUT2D eigenvalue weighted by Gasteiger charge is 2.18. The molecular formula is C14H16Cl2N2S. The molecule has 19 heavy (non-hydrogen) atoms. The van der Waals surface area contributed by atoms with Gasteiger partial charge in [0.2, 0.25) is 0 Å². The van der Waals surface area contributed by atoms with Crippen LogP contribution in [0.4, 0.5) is 0 Å². The van der Waals surface area contributed by atoms with Crippen molar-refractivity contribution in [3.05, 3.63) is 28.4 Å². The minimum Gasteiger partial charge on any atom is -0.357 e. The molecule has 0 saturated heterocycles. The van der Waals surface area contributed by atoms with E-state index in [1.165, 1.54) is 27.1 Å². The molecule has 0 amide bonds. The number of rotatable bonds is 4. The van der Waals surface area contributed by atoms with Crippen molar-refractivity contribution in [1.29, 1.82) is 0 Å². The number of aromatic amines is 1. The maximum Gasteiger partial charge on any atom is 0.0612 e. The van der Waals surface area contributed by atoms with Crippen molar-refractivity contribution in [1.82, 2.24) is 10.3 Å². The molecule has 1 aliphatic heterocycles. The third-order valence-electron chi connectivity index (χ3n) is 3.45. The number of alkyl halides is 1. The number of hydrogen-bond acceptors (Lipinski definition) is 2. The Morgan fingerprint density at radius 1 is 1.32 bits per heavy atom. The molecule has 1 aromatic carbocycles. The van der Waals surface area contributed by atoms with Gasteiger partial charge in [-0.2, -0.15) is 0 Å². The van der Waals surface area contributed by atoms with Crippen LogP contribution >= 0.6 is 35.0 Å². The predicted molar refractivity (Wildman–Crippen MR) is 84.8 cm³/mol. The van der Waals surface area contributed by atoms with Gasteiger partial charge in [-0.3, -0.25) is 0 Å². The first-order chi connectivity index (χ1) is 9.31. The summed E-state index contributed by atoms with van der Waals surface area (Å²) in [6.45, 7) is 1.99. The summed E-state index contributed by atoms with van der Waals surface area (Å²) in [7, 11) is 0. The van der Waals surface area contributed by atoms with Crippen LogP contribution in [0.1, 0.15) is 17.7 Å². The molecule has 0 radical (unpaired) electrons. The molecule has 2 aromatic rings. The number of fused-ring (bicyclic) bond motifs is 3. The molecule has 2 N–H and O–H groups in total. The Hall–Kier alpha value is -0.350. The molecular weight excluding hydrogens is 299 g/mol. The molecule has 0 spiro atoms. The second-order valence-electron chi connectivity index (χ2n) is 4.70. The SMILES string of the molecule is ClCCCSc1c(Cl)ccc2c3c([nH]c12)CCNC3. The third-order valence-corrected chi connectivity index (χ3v) is 5.35. The minimum atomic E-state index is 0.700. The van der Waals surface area contributed by atoms with Crippen LogP contribution in [-0.4, -0.2) is 23.2 Å². The quantitative estimate of drug-likeness (QED) is 0.503. The van der Waals surface area contributed by atoms with E-state index in [4.69, 9.17) is 23.2 Å². The van der Waals surface area contributed by atoms with Crippen molar-refractivity contribution in [2.24, 2.45) is 0 Å². The van der Waals surface area contributed by atoms with E-state index in [0.29, 0.717) is 5.88 Å². The van der Waals surface area contributed by atoms with Crippen LogP contribution in [0.15, 0.2) is 17.0 Å². The number of benzene rings is 1. The molecule has 1 aliphatic rings. The van der Waals surface area contributed by atoms with Crippen molar-refractivity contribution < 1.29 is 0 Å². The van der Waals surface area contributed by atoms with Gasteiger partial charge in [0.1, 0.15) is 0 Å². The van der Waals surface area contributed by atoms with E-state index in [0.717, 1.165) is 36.7 Å². The summed E-state index contributed by atoms with van der Waals surface area (Å²) in [6.07, 6.45) is 2.06. The molecule has 3 rings (SSSR count). The number of hydrogen-bond donors (Lipinski definition) is 2. The Kier molecular flexibility index (Phi) is 4.27. The van der Waals surface area contributed by atoms with E-state index in [1.807, 2.05) is 6.07 Å². The monoisotopic (exact) mass is 314 g/mol. The summed E-state index contributed by atoms with van der Waals surface area (Å²) < 4.78 is 0. The zero-order valence-electron chi connectivity index (χ0n) is 10.6. The molecule has 1 aromatic heterocycles. The summed E-state index contributed by atoms with van der Waals surface area (Å²) in [5, 5.41) is 5.57. The van der Waals surface area contributed by atoms with Gasteiger partial charge in [0.15, 0.2) is 0 Å². The molecule has 102 valence electrons. The van der Waals surface area contributed by atoms with Gasteiger partial charge in [-0.25, -0.2) is 0 Å². The average Bonchev–Trinajstić information content (AvgIpc) is 2.80. The summed E-state index contributed by atoms with van der Waals surface area (Å²) in [6, 6.07) is 4.14. The molecule has 0 aliphatic carbocycles. The first-order valence-electron chi connectivity index (χ1n) is 6.52. The topological polar surface area (TPSA) is 27.8 Å². The Labute approximate surface area is 127 Å². The zero-order chi connectivity index (χ0) is 13.2. The van der Waals surface area contributed by atoms with Crippen molar-refractivity contribution in [3.63, 3.8) is 0 Å². The van der Waals surface area contributed by atoms with Crippen molar-refractivity contribution in [2.75, 3.05) is 18.2 Å². The first kappa shape index (κ1) is 13.6. The van der Waals surface area contributed by atoms with Gasteiger partial charge in [0, 0.05) is 36.5 Å². The molecule has 5 heteroatoms. The van der Waals surface area contributed by atoms with E-state index in [9.17, 15) is 0 Å². The fraction of sp³-hybridized carbons (Fsp3) is 0.429. The lowest BCUT2D eigenvalue weighted by Gasteiger charge is -2.12. The summed E-state index contributed by atoms with van der Waals surface area (Å²) >= 11 is 13.9. The van der Waals surface area contributed by atoms with E-state index in [1.54, 1.807) is 11.8 Å². The summed E-state index contributed by atoms with van der Waals surface area (Å²) in [4.78, 5) is 4.74. The van der Waals surface area contributed by atoms with Crippen molar-refractivity contribution in [3.8, 4) is 0 Å². The minimum absolute atomic E-state index is 0.700. The highest BCUT2D eigenvalue weighted by molar-refractivity contribution is 7.99. The van der Waals surface area contributed by atoms with Gasteiger partial charge < -0.3 is 10.3 Å². The van der Waals surface area contributed by atoms with Crippen molar-refractivity contribution in [2.45, 2.75) is 24.3 Å². The molecule has 0 fully saturated rings. The van der Waals surface area contributed by atoms with E-state index in [-0.39, 0.29) is 0 Å². The second kappa shape index (κ2) is 5.96. The fourth-order valence-corrected chi connectivity index (χ4v) is 4.15. The molecule has 0 saturated carbocycles. The average molecular weight is 315 g/mol. The second-order valence-corrected chi connectivity index (χ2v) is 6.59. The standard InChI is InChI=1S/C14H16Cl2N2S/c15-5-1-7-19-14-11(16)3-2-9-10-8-17-6-4-12(10)18-13(9)14/h2-3,17-18H,1,4-8H2. The van der Waals surface area contributed by atoms with Gasteiger partial charge in [0.05, 0.1) is 15.4 Å². The van der Waals surface area contributed by atoms with Gasteiger partial charge >= 0.3 is 0 Å². The van der Waals surface area contributed by atoms with Crippen LogP contribution in [0.25, 0.3) is 10.9 Å². The van der Waals surface area contributed by atoms with Gasteiger partial charge in [0.25, 0.3) is 0 Å². The predicted octanol–water partition coefficient (Wildman–Crippen LogP) is 4.19. The maximum atomic E-state index is 6.36. The van der Waals surface area contributed by atoms with E-state index < -0.39 is 0 Å². The van der Waals surface area contributed by atoms with Crippen LogP contribution in [0.2, 0.25) is 5.02 Å². The first-order valence-corrected chi connectivity index (χ1v) is 8.42. The van der Waals surface area contributed by atoms with Crippen LogP contribution in [0, 0.1) is 0 Å². The molecule has 0 bridgehead atoms. The van der Waals surface area contributed by atoms with E-state index >= 15 is 0 Å². The van der Waals surface area contributed by atoms with Crippen LogP contribution in [-0.2, 0) is 13.0 Å². The van der Waals surface area contributed by atoms with Crippen LogP contribution in [0.3, 0.4) is 0 Å². The lowest BCUT2D eigenvalue weighted by molar-refractivity contribution is 0.641. The largest absolute Gasteiger partial charge is 0.357 e. The normalized spacial score (nSPS) is 14.8. The maximum absolute atomic E-state index is 6.36. The Balaban J connectivity index is 2.04. The molecule has 0 unspecified atom stereocenters. The summed E-state index contributed by atoms with van der Waals surface area (Å²) in [5.74, 6) is 1.70. The number of halogens is 2. The fourth-order valence-electron chi connectivity index (χ4n) is 2.53. The summed E-state index contributed by atoms with van der Waals surface area (Å²) in [5.41, 5.74) is 3.95. The number of nitrogens with one attached hydrogen (secondary N) is 2. The molecule has 2 heterocycles. The highest BCUT2D eigenvalue weighted by atomic mass is 35.5. The Bertz CT molecular complexity index is 595. The smallest absolute Gasteiger partial charge is 0.0612 e. The lowest BCUT2D eigenvalue weighted by Crippen LogP contribution is -2.22. The van der Waals surface area contributed by atoms with Crippen LogP contribution in [0.5, 0.6) is 0 Å². The number of aromatic nitrogens is 1. The zero-order valence-corrected chi connectivity index (χ0v) is 12.9. The van der Waals surface area contributed by atoms with Gasteiger partial charge in [-0.1, -0.05) is 17.7 Å². The Morgan fingerprint density at radius 3 is 3.05 bits per heavy atom. The Morgan fingerprint density at radius 2 is 2.21 bits per heavy atom. The number of H-pyrrole nitrogens is 1. The molecule has 2 nitrogen and oxygen atoms in total. The molecule has 0 atom stereocenters. The third kappa shape index (κ3) is 2.62. The van der Waals surface area contributed by atoms with Gasteiger partial charge in [-0.05, 0) is 23.8 Å². The van der Waals surface area contributed by atoms with Crippen molar-refractivity contribution >= 4 is 45.9 Å². The van der Waals surface area contributed by atoms with E-state index in [2.05, 4.69) is 16.4 Å². The highest BCUT2D eigenvalue weighted by Crippen LogP contribution is 2.37. The van der Waals surface area contributed by atoms with Crippen LogP contribution < -0.4 is 5.32 Å².